The number of nitrogens with zero attached hydrogens (tertiary/aromatic N) is 1. The summed E-state index contributed by atoms with van der Waals surface area (Å²) in [5, 5.41) is 9.87. The quantitative estimate of drug-likeness (QED) is 0.264. The average molecular weight is 543 g/mol. The highest BCUT2D eigenvalue weighted by atomic mass is 127. The Balaban J connectivity index is 0.00000392. The molecular weight excluding hydrogens is 515 g/mol. The number of aliphatic imine (C=N–C) groups is 1. The minimum absolute atomic E-state index is 0. The maximum Gasteiger partial charge on any atom is 0.222 e. The number of nitrogens with one attached hydrogen (secondary N) is 3. The number of hydrogen-bond donors (Lipinski definition) is 3. The van der Waals surface area contributed by atoms with Crippen LogP contribution in [0.15, 0.2) is 29.3 Å². The molecule has 0 aliphatic carbocycles. The van der Waals surface area contributed by atoms with E-state index < -0.39 is 9.84 Å². The van der Waals surface area contributed by atoms with Gasteiger partial charge in [0.15, 0.2) is 15.8 Å². The van der Waals surface area contributed by atoms with Crippen molar-refractivity contribution in [2.75, 3.05) is 31.1 Å². The van der Waals surface area contributed by atoms with Crippen LogP contribution in [0.4, 0.5) is 0 Å². The van der Waals surface area contributed by atoms with Crippen molar-refractivity contribution < 1.29 is 13.2 Å². The van der Waals surface area contributed by atoms with Gasteiger partial charge in [0.05, 0.1) is 18.1 Å². The van der Waals surface area contributed by atoms with Crippen molar-refractivity contribution >= 4 is 57.3 Å². The number of halogens is 2. The molecule has 0 aromatic heterocycles. The van der Waals surface area contributed by atoms with Gasteiger partial charge in [-0.2, -0.15) is 0 Å². The molecule has 0 saturated carbocycles. The fourth-order valence-electron chi connectivity index (χ4n) is 2.80. The molecule has 1 unspecified atom stereocenters. The van der Waals surface area contributed by atoms with Gasteiger partial charge in [-0.15, -0.1) is 24.0 Å². The first-order valence-corrected chi connectivity index (χ1v) is 11.3. The molecule has 1 aliphatic heterocycles. The third-order valence-corrected chi connectivity index (χ3v) is 6.19. The van der Waals surface area contributed by atoms with Gasteiger partial charge in [0.2, 0.25) is 5.91 Å². The van der Waals surface area contributed by atoms with Gasteiger partial charge >= 0.3 is 0 Å². The van der Waals surface area contributed by atoms with E-state index in [1.165, 1.54) is 5.56 Å². The summed E-state index contributed by atoms with van der Waals surface area (Å²) in [6, 6.07) is 7.44. The summed E-state index contributed by atoms with van der Waals surface area (Å²) in [4.78, 5) is 16.3. The van der Waals surface area contributed by atoms with Crippen molar-refractivity contribution in [3.8, 4) is 0 Å². The molecule has 0 bridgehead atoms. The Hall–Kier alpha value is -1.07. The molecule has 1 aliphatic rings. The SMILES string of the molecule is CCNC(=NCCC(=O)NC1CCS(=O)(=O)C1)NCCc1ccc(Cl)cc1.I. The van der Waals surface area contributed by atoms with E-state index in [0.29, 0.717) is 25.5 Å². The molecule has 7 nitrogen and oxygen atoms in total. The molecule has 3 N–H and O–H groups in total. The van der Waals surface area contributed by atoms with E-state index in [4.69, 9.17) is 11.6 Å². The van der Waals surface area contributed by atoms with Gasteiger partial charge in [-0.3, -0.25) is 9.79 Å². The zero-order chi connectivity index (χ0) is 19.7. The molecule has 1 saturated heterocycles. The zero-order valence-electron chi connectivity index (χ0n) is 15.9. The van der Waals surface area contributed by atoms with Crippen LogP contribution in [0.25, 0.3) is 0 Å². The summed E-state index contributed by atoms with van der Waals surface area (Å²) in [6.45, 7) is 3.74. The summed E-state index contributed by atoms with van der Waals surface area (Å²) in [7, 11) is -2.99. The van der Waals surface area contributed by atoms with E-state index >= 15 is 0 Å². The predicted molar refractivity (Wildman–Crippen MR) is 124 cm³/mol. The third-order valence-electron chi connectivity index (χ3n) is 4.17. The minimum atomic E-state index is -2.99. The third kappa shape index (κ3) is 9.42. The lowest BCUT2D eigenvalue weighted by Gasteiger charge is -2.12. The molecule has 1 atom stereocenters. The molecular formula is C18H28ClIN4O3S. The lowest BCUT2D eigenvalue weighted by molar-refractivity contribution is -0.121. The van der Waals surface area contributed by atoms with Gasteiger partial charge < -0.3 is 16.0 Å². The van der Waals surface area contributed by atoms with Crippen molar-refractivity contribution in [2.24, 2.45) is 4.99 Å². The molecule has 0 spiro atoms. The number of benzene rings is 1. The van der Waals surface area contributed by atoms with Crippen molar-refractivity contribution in [2.45, 2.75) is 32.2 Å². The number of amides is 1. The monoisotopic (exact) mass is 542 g/mol. The summed E-state index contributed by atoms with van der Waals surface area (Å²) in [6.07, 6.45) is 1.55. The van der Waals surface area contributed by atoms with E-state index in [9.17, 15) is 13.2 Å². The molecule has 1 aromatic rings. The lowest BCUT2D eigenvalue weighted by Crippen LogP contribution is -2.39. The Kier molecular flexibility index (Phi) is 11.1. The molecule has 1 amide bonds. The number of carbonyl (C=O) groups is 1. The van der Waals surface area contributed by atoms with E-state index in [1.54, 1.807) is 0 Å². The lowest BCUT2D eigenvalue weighted by atomic mass is 10.1. The smallest absolute Gasteiger partial charge is 0.222 e. The number of rotatable bonds is 8. The van der Waals surface area contributed by atoms with E-state index in [0.717, 1.165) is 18.0 Å². The topological polar surface area (TPSA) is 99.7 Å². The predicted octanol–water partition coefficient (Wildman–Crippen LogP) is 1.75. The van der Waals surface area contributed by atoms with Crippen LogP contribution in [-0.2, 0) is 21.1 Å². The first kappa shape index (κ1) is 25.0. The van der Waals surface area contributed by atoms with Crippen LogP contribution in [0.2, 0.25) is 5.02 Å². The first-order chi connectivity index (χ1) is 12.9. The molecule has 1 heterocycles. The van der Waals surface area contributed by atoms with E-state index in [-0.39, 0.29) is 53.9 Å². The van der Waals surface area contributed by atoms with Crippen LogP contribution >= 0.6 is 35.6 Å². The van der Waals surface area contributed by atoms with Gasteiger partial charge in [-0.1, -0.05) is 23.7 Å². The number of hydrogen-bond acceptors (Lipinski definition) is 4. The molecule has 28 heavy (non-hydrogen) atoms. The molecule has 1 fully saturated rings. The van der Waals surface area contributed by atoms with E-state index in [1.807, 2.05) is 31.2 Å². The van der Waals surface area contributed by atoms with Crippen molar-refractivity contribution in [3.05, 3.63) is 34.9 Å². The van der Waals surface area contributed by atoms with Crippen LogP contribution in [0.5, 0.6) is 0 Å². The minimum Gasteiger partial charge on any atom is -0.357 e. The second-order valence-electron chi connectivity index (χ2n) is 6.48. The summed E-state index contributed by atoms with van der Waals surface area (Å²) >= 11 is 5.88. The van der Waals surface area contributed by atoms with Crippen LogP contribution in [0.1, 0.15) is 25.3 Å². The Morgan fingerprint density at radius 1 is 1.25 bits per heavy atom. The second-order valence-corrected chi connectivity index (χ2v) is 9.15. The van der Waals surface area contributed by atoms with Crippen LogP contribution < -0.4 is 16.0 Å². The van der Waals surface area contributed by atoms with Crippen LogP contribution in [0.3, 0.4) is 0 Å². The highest BCUT2D eigenvalue weighted by Crippen LogP contribution is 2.11. The standard InChI is InChI=1S/C18H27ClN4O3S.HI/c1-2-20-18(21-10-7-14-3-5-15(19)6-4-14)22-11-8-17(24)23-16-9-12-27(25,26)13-16;/h3-6,16H,2,7-13H2,1H3,(H,23,24)(H2,20,21,22);1H. The molecule has 1 aromatic carbocycles. The molecule has 158 valence electrons. The number of carbonyl (C=O) groups excluding carboxylic acids is 1. The zero-order valence-corrected chi connectivity index (χ0v) is 19.8. The molecule has 2 rings (SSSR count). The summed E-state index contributed by atoms with van der Waals surface area (Å²) < 4.78 is 22.8. The number of sulfone groups is 1. The molecule has 0 radical (unpaired) electrons. The van der Waals surface area contributed by atoms with Gasteiger partial charge in [0, 0.05) is 30.6 Å². The maximum atomic E-state index is 11.9. The van der Waals surface area contributed by atoms with Crippen molar-refractivity contribution in [1.82, 2.24) is 16.0 Å². The maximum absolute atomic E-state index is 11.9. The van der Waals surface area contributed by atoms with Crippen molar-refractivity contribution in [3.63, 3.8) is 0 Å². The summed E-state index contributed by atoms with van der Waals surface area (Å²) in [5.41, 5.74) is 1.17. The molecule has 10 heteroatoms. The summed E-state index contributed by atoms with van der Waals surface area (Å²) in [5.74, 6) is 0.676. The highest BCUT2D eigenvalue weighted by molar-refractivity contribution is 14.0. The fraction of sp³-hybridized carbons (Fsp3) is 0.556. The first-order valence-electron chi connectivity index (χ1n) is 9.14. The number of guanidine groups is 1. The van der Waals surface area contributed by atoms with E-state index in [2.05, 4.69) is 20.9 Å². The van der Waals surface area contributed by atoms with Crippen LogP contribution in [-0.4, -0.2) is 57.5 Å². The average Bonchev–Trinajstić information content (AvgIpc) is 2.95. The fourth-order valence-corrected chi connectivity index (χ4v) is 4.60. The largest absolute Gasteiger partial charge is 0.357 e. The normalized spacial score (nSPS) is 18.2. The Labute approximate surface area is 189 Å². The Morgan fingerprint density at radius 3 is 2.57 bits per heavy atom. The van der Waals surface area contributed by atoms with Gasteiger partial charge in [-0.05, 0) is 37.5 Å². The van der Waals surface area contributed by atoms with Gasteiger partial charge in [0.25, 0.3) is 0 Å². The highest BCUT2D eigenvalue weighted by Gasteiger charge is 2.28. The Bertz CT molecular complexity index is 757. The van der Waals surface area contributed by atoms with Gasteiger partial charge in [0.1, 0.15) is 0 Å². The Morgan fingerprint density at radius 2 is 1.96 bits per heavy atom. The van der Waals surface area contributed by atoms with Crippen LogP contribution in [0, 0.1) is 0 Å². The van der Waals surface area contributed by atoms with Gasteiger partial charge in [-0.25, -0.2) is 8.42 Å². The second kappa shape index (κ2) is 12.5. The van der Waals surface area contributed by atoms with Crippen molar-refractivity contribution in [1.29, 1.82) is 0 Å².